The highest BCUT2D eigenvalue weighted by atomic mass is 16.5. The lowest BCUT2D eigenvalue weighted by atomic mass is 10.1. The highest BCUT2D eigenvalue weighted by Crippen LogP contribution is 2.21. The standard InChI is InChI=1S/C22H30N4O2/c27-22(25-13-1-2-14-25)19-5-7-20(8-6-19)28-21-9-17-24(18-10-21)12-4-16-26-15-3-11-23-26/h3,5-8,11,15,21H,1-2,4,9-10,12-14,16-18H2. The van der Waals surface area contributed by atoms with Gasteiger partial charge >= 0.3 is 0 Å². The number of ether oxygens (including phenoxy) is 1. The Hall–Kier alpha value is -2.34. The molecule has 3 heterocycles. The van der Waals surface area contributed by atoms with Crippen LogP contribution in [0, 0.1) is 0 Å². The minimum absolute atomic E-state index is 0.146. The van der Waals surface area contributed by atoms with Crippen molar-refractivity contribution in [3.8, 4) is 5.75 Å². The summed E-state index contributed by atoms with van der Waals surface area (Å²) >= 11 is 0. The van der Waals surface area contributed by atoms with Crippen LogP contribution in [0.25, 0.3) is 0 Å². The van der Waals surface area contributed by atoms with Crippen molar-refractivity contribution >= 4 is 5.91 Å². The summed E-state index contributed by atoms with van der Waals surface area (Å²) < 4.78 is 8.16. The van der Waals surface area contributed by atoms with Gasteiger partial charge in [-0.1, -0.05) is 0 Å². The summed E-state index contributed by atoms with van der Waals surface area (Å²) in [5.74, 6) is 1.02. The van der Waals surface area contributed by atoms with E-state index < -0.39 is 0 Å². The predicted molar refractivity (Wildman–Crippen MR) is 109 cm³/mol. The summed E-state index contributed by atoms with van der Waals surface area (Å²) in [6.45, 7) is 6.02. The number of carbonyl (C=O) groups excluding carboxylic acids is 1. The number of rotatable bonds is 7. The molecule has 0 aliphatic carbocycles. The molecule has 0 bridgehead atoms. The van der Waals surface area contributed by atoms with E-state index >= 15 is 0 Å². The quantitative estimate of drug-likeness (QED) is 0.739. The first-order valence-electron chi connectivity index (χ1n) is 10.5. The number of likely N-dealkylation sites (tertiary alicyclic amines) is 2. The molecule has 150 valence electrons. The highest BCUT2D eigenvalue weighted by molar-refractivity contribution is 5.94. The second kappa shape index (κ2) is 9.24. The maximum absolute atomic E-state index is 12.4. The first-order chi connectivity index (χ1) is 13.8. The molecule has 0 radical (unpaired) electrons. The van der Waals surface area contributed by atoms with Crippen LogP contribution in [0.3, 0.4) is 0 Å². The molecule has 2 aliphatic heterocycles. The number of hydrogen-bond acceptors (Lipinski definition) is 4. The second-order valence-electron chi connectivity index (χ2n) is 7.81. The molecule has 6 heteroatoms. The maximum atomic E-state index is 12.4. The lowest BCUT2D eigenvalue weighted by Crippen LogP contribution is -2.39. The van der Waals surface area contributed by atoms with E-state index in [9.17, 15) is 4.79 Å². The molecule has 0 N–H and O–H groups in total. The van der Waals surface area contributed by atoms with Crippen LogP contribution in [-0.4, -0.2) is 64.3 Å². The molecule has 2 aromatic rings. The second-order valence-corrected chi connectivity index (χ2v) is 7.81. The monoisotopic (exact) mass is 382 g/mol. The number of nitrogens with zero attached hydrogens (tertiary/aromatic N) is 4. The van der Waals surface area contributed by atoms with Gasteiger partial charge in [-0.3, -0.25) is 9.48 Å². The Balaban J connectivity index is 1.18. The van der Waals surface area contributed by atoms with Gasteiger partial charge in [0.15, 0.2) is 0 Å². The Morgan fingerprint density at radius 2 is 1.79 bits per heavy atom. The molecule has 2 fully saturated rings. The average Bonchev–Trinajstić information content (AvgIpc) is 3.44. The van der Waals surface area contributed by atoms with Gasteiger partial charge < -0.3 is 14.5 Å². The molecular formula is C22H30N4O2. The molecule has 2 aliphatic rings. The molecule has 1 aromatic carbocycles. The van der Waals surface area contributed by atoms with E-state index in [0.29, 0.717) is 0 Å². The number of piperidine rings is 1. The van der Waals surface area contributed by atoms with Crippen LogP contribution in [0.15, 0.2) is 42.7 Å². The maximum Gasteiger partial charge on any atom is 0.253 e. The molecule has 0 atom stereocenters. The largest absolute Gasteiger partial charge is 0.490 e. The van der Waals surface area contributed by atoms with Gasteiger partial charge in [0, 0.05) is 50.7 Å². The van der Waals surface area contributed by atoms with Gasteiger partial charge in [-0.25, -0.2) is 0 Å². The Labute approximate surface area is 167 Å². The molecule has 0 spiro atoms. The van der Waals surface area contributed by atoms with Crippen molar-refractivity contribution in [3.05, 3.63) is 48.3 Å². The summed E-state index contributed by atoms with van der Waals surface area (Å²) in [5, 5.41) is 4.25. The highest BCUT2D eigenvalue weighted by Gasteiger charge is 2.21. The SMILES string of the molecule is O=C(c1ccc(OC2CCN(CCCn3cccn3)CC2)cc1)N1CCCC1. The van der Waals surface area contributed by atoms with Crippen LogP contribution in [0.1, 0.15) is 42.5 Å². The van der Waals surface area contributed by atoms with Crippen molar-refractivity contribution in [1.29, 1.82) is 0 Å². The fraction of sp³-hybridized carbons (Fsp3) is 0.545. The number of benzene rings is 1. The van der Waals surface area contributed by atoms with Gasteiger partial charge in [0.25, 0.3) is 5.91 Å². The predicted octanol–water partition coefficient (Wildman–Crippen LogP) is 3.05. The first-order valence-corrected chi connectivity index (χ1v) is 10.5. The van der Waals surface area contributed by atoms with Crippen molar-refractivity contribution in [3.63, 3.8) is 0 Å². The summed E-state index contributed by atoms with van der Waals surface area (Å²) in [5.41, 5.74) is 0.765. The number of aromatic nitrogens is 2. The third-order valence-electron chi connectivity index (χ3n) is 5.75. The number of carbonyl (C=O) groups is 1. The van der Waals surface area contributed by atoms with E-state index in [-0.39, 0.29) is 12.0 Å². The number of aryl methyl sites for hydroxylation is 1. The van der Waals surface area contributed by atoms with Crippen molar-refractivity contribution in [2.75, 3.05) is 32.7 Å². The third kappa shape index (κ3) is 4.93. The van der Waals surface area contributed by atoms with E-state index in [4.69, 9.17) is 4.74 Å². The summed E-state index contributed by atoms with van der Waals surface area (Å²) in [6.07, 6.45) is 9.58. The minimum Gasteiger partial charge on any atom is -0.490 e. The van der Waals surface area contributed by atoms with Crippen LogP contribution in [0.4, 0.5) is 0 Å². The zero-order valence-corrected chi connectivity index (χ0v) is 16.5. The van der Waals surface area contributed by atoms with E-state index in [1.54, 1.807) is 0 Å². The molecule has 0 saturated carbocycles. The summed E-state index contributed by atoms with van der Waals surface area (Å²) in [4.78, 5) is 16.9. The van der Waals surface area contributed by atoms with Crippen LogP contribution < -0.4 is 4.74 Å². The molecule has 1 amide bonds. The van der Waals surface area contributed by atoms with Crippen molar-refractivity contribution in [2.45, 2.75) is 44.8 Å². The topological polar surface area (TPSA) is 50.6 Å². The fourth-order valence-corrected chi connectivity index (χ4v) is 4.11. The van der Waals surface area contributed by atoms with Crippen LogP contribution in [0.5, 0.6) is 5.75 Å². The van der Waals surface area contributed by atoms with Gasteiger partial charge in [0.1, 0.15) is 11.9 Å². The van der Waals surface area contributed by atoms with Crippen LogP contribution in [0.2, 0.25) is 0 Å². The van der Waals surface area contributed by atoms with E-state index in [2.05, 4.69) is 10.00 Å². The van der Waals surface area contributed by atoms with E-state index in [1.165, 1.54) is 0 Å². The van der Waals surface area contributed by atoms with Gasteiger partial charge in [0.2, 0.25) is 0 Å². The Morgan fingerprint density at radius 3 is 2.46 bits per heavy atom. The zero-order valence-electron chi connectivity index (χ0n) is 16.5. The average molecular weight is 383 g/mol. The Kier molecular flexibility index (Phi) is 6.27. The zero-order chi connectivity index (χ0) is 19.2. The van der Waals surface area contributed by atoms with Gasteiger partial charge in [-0.15, -0.1) is 0 Å². The molecule has 28 heavy (non-hydrogen) atoms. The molecule has 0 unspecified atom stereocenters. The molecule has 6 nitrogen and oxygen atoms in total. The van der Waals surface area contributed by atoms with E-state index in [1.807, 2.05) is 52.3 Å². The lowest BCUT2D eigenvalue weighted by molar-refractivity contribution is 0.0792. The lowest BCUT2D eigenvalue weighted by Gasteiger charge is -2.32. The fourth-order valence-electron chi connectivity index (χ4n) is 4.11. The van der Waals surface area contributed by atoms with Crippen molar-refractivity contribution < 1.29 is 9.53 Å². The normalized spacial score (nSPS) is 18.5. The number of amides is 1. The molecule has 4 rings (SSSR count). The van der Waals surface area contributed by atoms with Crippen LogP contribution in [-0.2, 0) is 6.54 Å². The summed E-state index contributed by atoms with van der Waals surface area (Å²) in [6, 6.07) is 9.66. The third-order valence-corrected chi connectivity index (χ3v) is 5.75. The molecule has 2 saturated heterocycles. The molecular weight excluding hydrogens is 352 g/mol. The Morgan fingerprint density at radius 1 is 1.04 bits per heavy atom. The Bertz CT molecular complexity index is 730. The first kappa shape index (κ1) is 19.0. The molecule has 1 aromatic heterocycles. The van der Waals surface area contributed by atoms with Crippen LogP contribution >= 0.6 is 0 Å². The number of hydrogen-bond donors (Lipinski definition) is 0. The summed E-state index contributed by atoms with van der Waals surface area (Å²) in [7, 11) is 0. The van der Waals surface area contributed by atoms with Gasteiger partial charge in [-0.2, -0.15) is 5.10 Å². The minimum atomic E-state index is 0.146. The van der Waals surface area contributed by atoms with Crippen molar-refractivity contribution in [2.24, 2.45) is 0 Å². The smallest absolute Gasteiger partial charge is 0.253 e. The van der Waals surface area contributed by atoms with Crippen molar-refractivity contribution in [1.82, 2.24) is 19.6 Å². The van der Waals surface area contributed by atoms with Gasteiger partial charge in [0.05, 0.1) is 0 Å². The van der Waals surface area contributed by atoms with Gasteiger partial charge in [-0.05, 0) is 69.0 Å². The van der Waals surface area contributed by atoms with E-state index in [0.717, 1.165) is 82.7 Å².